The van der Waals surface area contributed by atoms with E-state index in [-0.39, 0.29) is 5.56 Å². The van der Waals surface area contributed by atoms with Crippen LogP contribution in [0.3, 0.4) is 0 Å². The van der Waals surface area contributed by atoms with Gasteiger partial charge in [-0.3, -0.25) is 0 Å². The molecule has 88 valence electrons. The molecule has 0 amide bonds. The highest BCUT2D eigenvalue weighted by Gasteiger charge is 2.18. The van der Waals surface area contributed by atoms with Gasteiger partial charge >= 0.3 is 0 Å². The van der Waals surface area contributed by atoms with Gasteiger partial charge in [0.15, 0.2) is 0 Å². The third kappa shape index (κ3) is 2.46. The Morgan fingerprint density at radius 1 is 1.00 bits per heavy atom. The first-order valence-corrected chi connectivity index (χ1v) is 5.42. The molecule has 0 aliphatic rings. The Morgan fingerprint density at radius 2 is 1.59 bits per heavy atom. The molecule has 0 spiro atoms. The summed E-state index contributed by atoms with van der Waals surface area (Å²) >= 11 is 5.81. The van der Waals surface area contributed by atoms with Crippen LogP contribution in [0.1, 0.15) is 17.2 Å². The molecule has 0 aliphatic heterocycles. The van der Waals surface area contributed by atoms with Crippen molar-refractivity contribution < 1.29 is 8.78 Å². The largest absolute Gasteiger partial charge is 0.320 e. The van der Waals surface area contributed by atoms with Crippen molar-refractivity contribution in [1.82, 2.24) is 0 Å². The van der Waals surface area contributed by atoms with Gasteiger partial charge in [0.25, 0.3) is 0 Å². The molecule has 0 heterocycles. The lowest BCUT2D eigenvalue weighted by atomic mass is 9.99. The van der Waals surface area contributed by atoms with Gasteiger partial charge in [0, 0.05) is 10.6 Å². The Balaban J connectivity index is 2.47. The van der Waals surface area contributed by atoms with Crippen LogP contribution in [0.25, 0.3) is 0 Å². The summed E-state index contributed by atoms with van der Waals surface area (Å²) in [4.78, 5) is 0. The predicted octanol–water partition coefficient (Wildman–Crippen LogP) is 3.67. The molecule has 2 rings (SSSR count). The standard InChI is InChI=1S/C13H10ClF2N/c14-9-4-1-3-8(7-9)13(17)12-10(15)5-2-6-11(12)16/h1-7,13H,17H2. The maximum absolute atomic E-state index is 13.5. The Labute approximate surface area is 103 Å². The molecule has 4 heteroatoms. The molecular formula is C13H10ClF2N. The molecule has 1 atom stereocenters. The summed E-state index contributed by atoms with van der Waals surface area (Å²) in [5.74, 6) is -1.31. The summed E-state index contributed by atoms with van der Waals surface area (Å²) in [6.45, 7) is 0. The van der Waals surface area contributed by atoms with E-state index in [2.05, 4.69) is 0 Å². The topological polar surface area (TPSA) is 26.0 Å². The van der Waals surface area contributed by atoms with Crippen molar-refractivity contribution in [2.24, 2.45) is 5.73 Å². The van der Waals surface area contributed by atoms with Crippen LogP contribution in [-0.4, -0.2) is 0 Å². The summed E-state index contributed by atoms with van der Waals surface area (Å²) < 4.78 is 27.1. The first-order valence-electron chi connectivity index (χ1n) is 5.04. The number of hydrogen-bond acceptors (Lipinski definition) is 1. The monoisotopic (exact) mass is 253 g/mol. The van der Waals surface area contributed by atoms with Crippen LogP contribution < -0.4 is 5.73 Å². The summed E-state index contributed by atoms with van der Waals surface area (Å²) in [5.41, 5.74) is 6.28. The average Bonchev–Trinajstić information content (AvgIpc) is 2.28. The fourth-order valence-electron chi connectivity index (χ4n) is 1.67. The number of hydrogen-bond donors (Lipinski definition) is 1. The quantitative estimate of drug-likeness (QED) is 0.868. The molecule has 0 aliphatic carbocycles. The van der Waals surface area contributed by atoms with E-state index in [1.165, 1.54) is 18.2 Å². The zero-order chi connectivity index (χ0) is 12.4. The van der Waals surface area contributed by atoms with Gasteiger partial charge in [0.1, 0.15) is 11.6 Å². The molecule has 2 aromatic rings. The van der Waals surface area contributed by atoms with E-state index in [0.29, 0.717) is 10.6 Å². The van der Waals surface area contributed by atoms with Crippen molar-refractivity contribution >= 4 is 11.6 Å². The molecule has 2 aromatic carbocycles. The maximum Gasteiger partial charge on any atom is 0.131 e. The Bertz CT molecular complexity index is 522. The third-order valence-corrected chi connectivity index (χ3v) is 2.75. The average molecular weight is 254 g/mol. The van der Waals surface area contributed by atoms with Crippen molar-refractivity contribution in [2.45, 2.75) is 6.04 Å². The van der Waals surface area contributed by atoms with E-state index in [1.807, 2.05) is 0 Å². The molecule has 0 saturated carbocycles. The number of halogens is 3. The number of rotatable bonds is 2. The van der Waals surface area contributed by atoms with Crippen LogP contribution in [0.5, 0.6) is 0 Å². The molecule has 0 aromatic heterocycles. The molecule has 2 N–H and O–H groups in total. The lowest BCUT2D eigenvalue weighted by Gasteiger charge is -2.14. The number of benzene rings is 2. The minimum atomic E-state index is -0.866. The zero-order valence-corrected chi connectivity index (χ0v) is 9.59. The summed E-state index contributed by atoms with van der Waals surface area (Å²) in [5, 5.41) is 0.481. The Kier molecular flexibility index (Phi) is 3.41. The van der Waals surface area contributed by atoms with E-state index in [4.69, 9.17) is 17.3 Å². The van der Waals surface area contributed by atoms with Gasteiger partial charge in [-0.25, -0.2) is 8.78 Å². The zero-order valence-electron chi connectivity index (χ0n) is 8.83. The van der Waals surface area contributed by atoms with Crippen molar-refractivity contribution in [2.75, 3.05) is 0 Å². The van der Waals surface area contributed by atoms with E-state index >= 15 is 0 Å². The highest BCUT2D eigenvalue weighted by molar-refractivity contribution is 6.30. The van der Waals surface area contributed by atoms with Crippen LogP contribution in [0, 0.1) is 11.6 Å². The molecule has 0 radical (unpaired) electrons. The second-order valence-electron chi connectivity index (χ2n) is 3.67. The summed E-state index contributed by atoms with van der Waals surface area (Å²) in [6, 6.07) is 9.45. The highest BCUT2D eigenvalue weighted by atomic mass is 35.5. The molecule has 0 bridgehead atoms. The van der Waals surface area contributed by atoms with Crippen molar-refractivity contribution in [1.29, 1.82) is 0 Å². The second kappa shape index (κ2) is 4.82. The van der Waals surface area contributed by atoms with Gasteiger partial charge < -0.3 is 5.73 Å². The predicted molar refractivity (Wildman–Crippen MR) is 63.8 cm³/mol. The van der Waals surface area contributed by atoms with Gasteiger partial charge in [0.05, 0.1) is 6.04 Å². The van der Waals surface area contributed by atoms with E-state index in [9.17, 15) is 8.78 Å². The van der Waals surface area contributed by atoms with Gasteiger partial charge in [-0.1, -0.05) is 29.8 Å². The Hall–Kier alpha value is -1.45. The molecule has 0 fully saturated rings. The van der Waals surface area contributed by atoms with Crippen molar-refractivity contribution in [3.63, 3.8) is 0 Å². The fourth-order valence-corrected chi connectivity index (χ4v) is 1.87. The molecule has 1 unspecified atom stereocenters. The van der Waals surface area contributed by atoms with Crippen LogP contribution in [0.2, 0.25) is 5.02 Å². The summed E-state index contributed by atoms with van der Waals surface area (Å²) in [6.07, 6.45) is 0. The van der Waals surface area contributed by atoms with E-state index in [1.54, 1.807) is 24.3 Å². The fraction of sp³-hybridized carbons (Fsp3) is 0.0769. The second-order valence-corrected chi connectivity index (χ2v) is 4.10. The van der Waals surface area contributed by atoms with Crippen molar-refractivity contribution in [3.8, 4) is 0 Å². The van der Waals surface area contributed by atoms with Crippen LogP contribution in [0.15, 0.2) is 42.5 Å². The summed E-state index contributed by atoms with van der Waals surface area (Å²) in [7, 11) is 0. The SMILES string of the molecule is NC(c1cccc(Cl)c1)c1c(F)cccc1F. The van der Waals surface area contributed by atoms with Gasteiger partial charge in [-0.2, -0.15) is 0 Å². The lowest BCUT2D eigenvalue weighted by molar-refractivity contribution is 0.543. The Morgan fingerprint density at radius 3 is 2.18 bits per heavy atom. The molecule has 17 heavy (non-hydrogen) atoms. The van der Waals surface area contributed by atoms with Crippen LogP contribution >= 0.6 is 11.6 Å². The van der Waals surface area contributed by atoms with Crippen molar-refractivity contribution in [3.05, 3.63) is 70.2 Å². The van der Waals surface area contributed by atoms with Gasteiger partial charge in [-0.05, 0) is 29.8 Å². The molecule has 1 nitrogen and oxygen atoms in total. The first kappa shape index (κ1) is 12.0. The minimum absolute atomic E-state index is 0.144. The lowest BCUT2D eigenvalue weighted by Crippen LogP contribution is -2.15. The van der Waals surface area contributed by atoms with E-state index < -0.39 is 17.7 Å². The maximum atomic E-state index is 13.5. The minimum Gasteiger partial charge on any atom is -0.320 e. The number of nitrogens with two attached hydrogens (primary N) is 1. The van der Waals surface area contributed by atoms with E-state index in [0.717, 1.165) is 0 Å². The van der Waals surface area contributed by atoms with Gasteiger partial charge in [0.2, 0.25) is 0 Å². The first-order chi connectivity index (χ1) is 8.09. The van der Waals surface area contributed by atoms with Gasteiger partial charge in [-0.15, -0.1) is 0 Å². The molecule has 0 saturated heterocycles. The normalized spacial score (nSPS) is 12.5. The smallest absolute Gasteiger partial charge is 0.131 e. The molecular weight excluding hydrogens is 244 g/mol. The van der Waals surface area contributed by atoms with Crippen LogP contribution in [0.4, 0.5) is 8.78 Å². The van der Waals surface area contributed by atoms with Crippen LogP contribution in [-0.2, 0) is 0 Å². The third-order valence-electron chi connectivity index (χ3n) is 2.52. The highest BCUT2D eigenvalue weighted by Crippen LogP contribution is 2.26.